The van der Waals surface area contributed by atoms with Crippen molar-refractivity contribution in [3.8, 4) is 11.8 Å². The molecular weight excluding hydrogens is 292 g/mol. The van der Waals surface area contributed by atoms with Gasteiger partial charge in [0.05, 0.1) is 17.9 Å². The van der Waals surface area contributed by atoms with Crippen LogP contribution in [0.15, 0.2) is 18.2 Å². The van der Waals surface area contributed by atoms with Crippen molar-refractivity contribution in [2.24, 2.45) is 5.92 Å². The molecule has 0 aliphatic rings. The predicted octanol–water partition coefficient (Wildman–Crippen LogP) is 3.74. The molecule has 1 unspecified atom stereocenters. The van der Waals surface area contributed by atoms with Crippen LogP contribution in [0, 0.1) is 17.2 Å². The van der Waals surface area contributed by atoms with E-state index in [9.17, 15) is 10.1 Å². The molecule has 0 aromatic heterocycles. The van der Waals surface area contributed by atoms with Gasteiger partial charge in [-0.1, -0.05) is 27.2 Å². The van der Waals surface area contributed by atoms with Crippen molar-refractivity contribution in [1.82, 2.24) is 0 Å². The van der Waals surface area contributed by atoms with Crippen LogP contribution < -0.4 is 10.1 Å². The van der Waals surface area contributed by atoms with Gasteiger partial charge in [-0.2, -0.15) is 5.26 Å². The van der Waals surface area contributed by atoms with Crippen LogP contribution >= 0.6 is 0 Å². The molecule has 0 spiro atoms. The van der Waals surface area contributed by atoms with Crippen LogP contribution in [0.2, 0.25) is 0 Å². The Labute approximate surface area is 138 Å². The first-order chi connectivity index (χ1) is 10.9. The fourth-order valence-corrected chi connectivity index (χ4v) is 2.12. The molecular formula is C18H26N2O3. The number of nitrogens with one attached hydrogen (secondary N) is 1. The van der Waals surface area contributed by atoms with Crippen LogP contribution in [0.5, 0.6) is 5.75 Å². The third kappa shape index (κ3) is 5.26. The largest absolute Gasteiger partial charge is 0.493 e. The summed E-state index contributed by atoms with van der Waals surface area (Å²) in [5, 5.41) is 12.1. The van der Waals surface area contributed by atoms with Crippen LogP contribution in [0.4, 0.5) is 5.69 Å². The Bertz CT molecular complexity index is 578. The molecule has 1 amide bonds. The lowest BCUT2D eigenvalue weighted by Crippen LogP contribution is -2.41. The maximum absolute atomic E-state index is 12.4. The molecule has 0 radical (unpaired) electrons. The van der Waals surface area contributed by atoms with Gasteiger partial charge >= 0.3 is 0 Å². The first-order valence-corrected chi connectivity index (χ1v) is 7.89. The van der Waals surface area contributed by atoms with Gasteiger partial charge in [-0.15, -0.1) is 0 Å². The molecule has 0 bridgehead atoms. The van der Waals surface area contributed by atoms with Gasteiger partial charge in [0.1, 0.15) is 17.4 Å². The topological polar surface area (TPSA) is 71.3 Å². The highest BCUT2D eigenvalue weighted by Crippen LogP contribution is 2.25. The number of anilines is 1. The molecule has 0 saturated carbocycles. The molecule has 5 heteroatoms. The van der Waals surface area contributed by atoms with E-state index in [-0.39, 0.29) is 5.91 Å². The Morgan fingerprint density at radius 3 is 2.65 bits per heavy atom. The molecule has 23 heavy (non-hydrogen) atoms. The average molecular weight is 318 g/mol. The average Bonchev–Trinajstić information content (AvgIpc) is 2.53. The Kier molecular flexibility index (Phi) is 7.05. The molecule has 1 atom stereocenters. The maximum Gasteiger partial charge on any atom is 0.256 e. The van der Waals surface area contributed by atoms with Gasteiger partial charge < -0.3 is 14.8 Å². The first kappa shape index (κ1) is 19.0. The highest BCUT2D eigenvalue weighted by Gasteiger charge is 2.32. The van der Waals surface area contributed by atoms with Crippen molar-refractivity contribution in [3.05, 3.63) is 23.8 Å². The summed E-state index contributed by atoms with van der Waals surface area (Å²) in [5.41, 5.74) is -0.0720. The molecule has 0 heterocycles. The Morgan fingerprint density at radius 1 is 1.43 bits per heavy atom. The van der Waals surface area contributed by atoms with E-state index in [1.54, 1.807) is 25.1 Å². The van der Waals surface area contributed by atoms with Crippen molar-refractivity contribution < 1.29 is 14.3 Å². The van der Waals surface area contributed by atoms with Gasteiger partial charge in [-0.25, -0.2) is 0 Å². The summed E-state index contributed by atoms with van der Waals surface area (Å²) < 4.78 is 11.0. The number of ether oxygens (including phenoxy) is 2. The summed E-state index contributed by atoms with van der Waals surface area (Å²) in [5.74, 6) is 0.766. The van der Waals surface area contributed by atoms with Crippen LogP contribution in [0.25, 0.3) is 0 Å². The molecule has 0 saturated heterocycles. The highest BCUT2D eigenvalue weighted by atomic mass is 16.5. The van der Waals surface area contributed by atoms with Gasteiger partial charge in [0.2, 0.25) is 0 Å². The second kappa shape index (κ2) is 8.54. The fourth-order valence-electron chi connectivity index (χ4n) is 2.12. The van der Waals surface area contributed by atoms with Crippen molar-refractivity contribution >= 4 is 11.6 Å². The predicted molar refractivity (Wildman–Crippen MR) is 90.4 cm³/mol. The quantitative estimate of drug-likeness (QED) is 0.792. The van der Waals surface area contributed by atoms with E-state index in [1.807, 2.05) is 6.92 Å². The lowest BCUT2D eigenvalue weighted by Gasteiger charge is -2.26. The normalized spacial score (nSPS) is 13.3. The maximum atomic E-state index is 12.4. The van der Waals surface area contributed by atoms with Crippen molar-refractivity contribution in [2.75, 3.05) is 19.0 Å². The number of benzene rings is 1. The number of rotatable bonds is 8. The van der Waals surface area contributed by atoms with Crippen LogP contribution in [0.1, 0.15) is 46.1 Å². The second-order valence-electron chi connectivity index (χ2n) is 6.16. The smallest absolute Gasteiger partial charge is 0.256 e. The van der Waals surface area contributed by atoms with Crippen molar-refractivity contribution in [1.29, 1.82) is 5.26 Å². The fraction of sp³-hybridized carbons (Fsp3) is 0.556. The van der Waals surface area contributed by atoms with Crippen LogP contribution in [-0.4, -0.2) is 25.2 Å². The van der Waals surface area contributed by atoms with E-state index in [4.69, 9.17) is 9.47 Å². The molecule has 126 valence electrons. The summed E-state index contributed by atoms with van der Waals surface area (Å²) in [6, 6.07) is 7.18. The minimum atomic E-state index is -0.908. The monoisotopic (exact) mass is 318 g/mol. The standard InChI is InChI=1S/C18H26N2O3/c1-6-9-18(4,22-5)17(21)20-16-8-7-15(10-14(16)11-19)23-12-13(2)3/h7-8,10,13H,6,9,12H2,1-5H3,(H,20,21). The molecule has 1 N–H and O–H groups in total. The van der Waals surface area contributed by atoms with E-state index in [0.717, 1.165) is 6.42 Å². The Hall–Kier alpha value is -2.06. The second-order valence-corrected chi connectivity index (χ2v) is 6.16. The van der Waals surface area contributed by atoms with E-state index in [2.05, 4.69) is 25.2 Å². The van der Waals surface area contributed by atoms with Gasteiger partial charge in [0.15, 0.2) is 0 Å². The van der Waals surface area contributed by atoms with Gasteiger partial charge in [-0.05, 0) is 37.5 Å². The molecule has 1 aromatic rings. The highest BCUT2D eigenvalue weighted by molar-refractivity contribution is 5.98. The van der Waals surface area contributed by atoms with Crippen molar-refractivity contribution in [3.63, 3.8) is 0 Å². The zero-order valence-electron chi connectivity index (χ0n) is 14.6. The number of hydrogen-bond acceptors (Lipinski definition) is 4. The van der Waals surface area contributed by atoms with Gasteiger partial charge in [0.25, 0.3) is 5.91 Å². The van der Waals surface area contributed by atoms with Crippen molar-refractivity contribution in [2.45, 2.75) is 46.1 Å². The van der Waals surface area contributed by atoms with E-state index in [1.165, 1.54) is 7.11 Å². The molecule has 0 aliphatic heterocycles. The number of carbonyl (C=O) groups is 1. The van der Waals surface area contributed by atoms with E-state index < -0.39 is 5.60 Å². The summed E-state index contributed by atoms with van der Waals surface area (Å²) in [6.45, 7) is 8.43. The summed E-state index contributed by atoms with van der Waals surface area (Å²) in [6.07, 6.45) is 1.43. The molecule has 1 rings (SSSR count). The zero-order valence-corrected chi connectivity index (χ0v) is 14.6. The molecule has 5 nitrogen and oxygen atoms in total. The molecule has 0 aliphatic carbocycles. The minimum absolute atomic E-state index is 0.255. The Morgan fingerprint density at radius 2 is 2.13 bits per heavy atom. The molecule has 0 fully saturated rings. The van der Waals surface area contributed by atoms with Crippen LogP contribution in [0.3, 0.4) is 0 Å². The summed E-state index contributed by atoms with van der Waals surface area (Å²) in [4.78, 5) is 12.4. The SMILES string of the molecule is CCCC(C)(OC)C(=O)Nc1ccc(OCC(C)C)cc1C#N. The van der Waals surface area contributed by atoms with Gasteiger partial charge in [-0.3, -0.25) is 4.79 Å². The number of hydrogen-bond donors (Lipinski definition) is 1. The van der Waals surface area contributed by atoms with Crippen LogP contribution in [-0.2, 0) is 9.53 Å². The third-order valence-electron chi connectivity index (χ3n) is 3.60. The number of amides is 1. The van der Waals surface area contributed by atoms with E-state index >= 15 is 0 Å². The lowest BCUT2D eigenvalue weighted by atomic mass is 9.99. The van der Waals surface area contributed by atoms with E-state index in [0.29, 0.717) is 35.9 Å². The number of nitriles is 1. The molecule has 1 aromatic carbocycles. The third-order valence-corrected chi connectivity index (χ3v) is 3.60. The van der Waals surface area contributed by atoms with Gasteiger partial charge in [0, 0.05) is 7.11 Å². The Balaban J connectivity index is 2.92. The first-order valence-electron chi connectivity index (χ1n) is 7.89. The summed E-state index contributed by atoms with van der Waals surface area (Å²) >= 11 is 0. The number of methoxy groups -OCH3 is 1. The lowest BCUT2D eigenvalue weighted by molar-refractivity contribution is -0.136. The number of carbonyl (C=O) groups excluding carboxylic acids is 1. The zero-order chi connectivity index (χ0) is 17.5. The number of nitrogens with zero attached hydrogens (tertiary/aromatic N) is 1. The minimum Gasteiger partial charge on any atom is -0.493 e. The summed E-state index contributed by atoms with van der Waals surface area (Å²) in [7, 11) is 1.52.